The van der Waals surface area contributed by atoms with Crippen molar-refractivity contribution in [3.05, 3.63) is 58.0 Å². The maximum atomic E-state index is 12.5. The van der Waals surface area contributed by atoms with Crippen molar-refractivity contribution in [3.8, 4) is 17.3 Å². The first-order chi connectivity index (χ1) is 10.2. The van der Waals surface area contributed by atoms with Gasteiger partial charge in [-0.2, -0.15) is 5.26 Å². The van der Waals surface area contributed by atoms with E-state index in [0.29, 0.717) is 29.7 Å². The van der Waals surface area contributed by atoms with E-state index in [0.717, 1.165) is 11.3 Å². The molecule has 3 rings (SSSR count). The fourth-order valence-electron chi connectivity index (χ4n) is 2.40. The summed E-state index contributed by atoms with van der Waals surface area (Å²) in [5.74, 6) is 0. The molecule has 0 fully saturated rings. The van der Waals surface area contributed by atoms with Gasteiger partial charge in [-0.25, -0.2) is 9.50 Å². The number of aryl methyl sites for hydroxylation is 1. The number of hydrogen-bond donors (Lipinski definition) is 1. The molecule has 0 saturated carbocycles. The fraction of sp³-hybridized carbons (Fsp3) is 0.188. The van der Waals surface area contributed by atoms with Crippen LogP contribution in [0.25, 0.3) is 16.9 Å². The Balaban J connectivity index is 2.17. The van der Waals surface area contributed by atoms with Gasteiger partial charge in [0.15, 0.2) is 5.65 Å². The van der Waals surface area contributed by atoms with Crippen molar-refractivity contribution in [2.24, 2.45) is 0 Å². The van der Waals surface area contributed by atoms with E-state index in [9.17, 15) is 4.79 Å². The second kappa shape index (κ2) is 5.25. The van der Waals surface area contributed by atoms with Gasteiger partial charge in [-0.05, 0) is 18.9 Å². The molecule has 0 aliphatic heterocycles. The Morgan fingerprint density at radius 2 is 2.10 bits per heavy atom. The number of rotatable bonds is 3. The van der Waals surface area contributed by atoms with Gasteiger partial charge >= 0.3 is 0 Å². The van der Waals surface area contributed by atoms with Crippen LogP contribution in [0.15, 0.2) is 41.2 Å². The molecule has 3 aromatic rings. The maximum absolute atomic E-state index is 12.5. The molecule has 104 valence electrons. The molecule has 0 bridgehead atoms. The van der Waals surface area contributed by atoms with Crippen molar-refractivity contribution < 1.29 is 0 Å². The first-order valence-corrected chi connectivity index (χ1v) is 6.74. The minimum atomic E-state index is -0.130. The summed E-state index contributed by atoms with van der Waals surface area (Å²) in [5, 5.41) is 11.8. The van der Waals surface area contributed by atoms with E-state index in [2.05, 4.69) is 16.2 Å². The van der Waals surface area contributed by atoms with Crippen molar-refractivity contribution in [1.82, 2.24) is 14.6 Å². The van der Waals surface area contributed by atoms with Crippen molar-refractivity contribution in [2.45, 2.75) is 19.8 Å². The average molecular weight is 278 g/mol. The third-order valence-corrected chi connectivity index (χ3v) is 3.49. The Hall–Kier alpha value is -2.87. The molecule has 0 aliphatic rings. The smallest absolute Gasteiger partial charge is 0.276 e. The quantitative estimate of drug-likeness (QED) is 0.799. The lowest BCUT2D eigenvalue weighted by atomic mass is 10.1. The topological polar surface area (TPSA) is 74.0 Å². The number of hydrogen-bond acceptors (Lipinski definition) is 3. The van der Waals surface area contributed by atoms with Crippen LogP contribution >= 0.6 is 0 Å². The molecule has 0 aliphatic carbocycles. The number of benzene rings is 1. The highest BCUT2D eigenvalue weighted by Crippen LogP contribution is 2.18. The standard InChI is InChI=1S/C16H14N4O/c1-11-13(8-5-9-17)16(21)20-15(18-11)10-14(19-20)12-6-3-2-4-7-12/h2-4,6-7,10,19H,5,8H2,1H3. The molecule has 2 aromatic heterocycles. The predicted molar refractivity (Wildman–Crippen MR) is 79.9 cm³/mol. The zero-order valence-corrected chi connectivity index (χ0v) is 11.6. The molecule has 0 atom stereocenters. The fourth-order valence-corrected chi connectivity index (χ4v) is 2.40. The third kappa shape index (κ3) is 2.32. The highest BCUT2D eigenvalue weighted by atomic mass is 16.1. The third-order valence-electron chi connectivity index (χ3n) is 3.49. The molecular formula is C16H14N4O. The second-order valence-corrected chi connectivity index (χ2v) is 4.87. The van der Waals surface area contributed by atoms with Gasteiger partial charge in [0, 0.05) is 23.7 Å². The lowest BCUT2D eigenvalue weighted by Gasteiger charge is -2.02. The van der Waals surface area contributed by atoms with Crippen LogP contribution in [0.2, 0.25) is 0 Å². The van der Waals surface area contributed by atoms with Gasteiger partial charge in [0.2, 0.25) is 0 Å². The number of aromatic nitrogens is 3. The molecular weight excluding hydrogens is 264 g/mol. The molecule has 2 heterocycles. The summed E-state index contributed by atoms with van der Waals surface area (Å²) >= 11 is 0. The summed E-state index contributed by atoms with van der Waals surface area (Å²) in [6, 6.07) is 13.7. The lowest BCUT2D eigenvalue weighted by molar-refractivity contribution is 0.841. The number of nitrogens with one attached hydrogen (secondary N) is 1. The van der Waals surface area contributed by atoms with Crippen molar-refractivity contribution in [2.75, 3.05) is 0 Å². The van der Waals surface area contributed by atoms with Crippen LogP contribution < -0.4 is 5.56 Å². The molecule has 0 saturated heterocycles. The summed E-state index contributed by atoms with van der Waals surface area (Å²) in [4.78, 5) is 16.9. The number of fused-ring (bicyclic) bond motifs is 1. The largest absolute Gasteiger partial charge is 0.289 e. The van der Waals surface area contributed by atoms with Crippen LogP contribution in [0, 0.1) is 18.3 Å². The van der Waals surface area contributed by atoms with Crippen LogP contribution in [-0.2, 0) is 6.42 Å². The molecule has 0 radical (unpaired) electrons. The van der Waals surface area contributed by atoms with Crippen molar-refractivity contribution in [3.63, 3.8) is 0 Å². The van der Waals surface area contributed by atoms with Crippen LogP contribution in [0.3, 0.4) is 0 Å². The number of nitrogens with zero attached hydrogens (tertiary/aromatic N) is 3. The Morgan fingerprint density at radius 1 is 1.33 bits per heavy atom. The summed E-state index contributed by atoms with van der Waals surface area (Å²) in [5.41, 5.74) is 3.59. The van der Waals surface area contributed by atoms with Gasteiger partial charge in [0.1, 0.15) is 0 Å². The van der Waals surface area contributed by atoms with Crippen LogP contribution in [-0.4, -0.2) is 14.6 Å². The molecule has 5 heteroatoms. The highest BCUT2D eigenvalue weighted by Gasteiger charge is 2.12. The van der Waals surface area contributed by atoms with Crippen LogP contribution in [0.4, 0.5) is 0 Å². The first kappa shape index (κ1) is 13.1. The molecule has 1 aromatic carbocycles. The van der Waals surface area contributed by atoms with E-state index in [1.54, 1.807) is 0 Å². The Labute approximate surface area is 121 Å². The van der Waals surface area contributed by atoms with Gasteiger partial charge in [0.25, 0.3) is 5.56 Å². The number of nitriles is 1. The minimum Gasteiger partial charge on any atom is -0.289 e. The van der Waals surface area contributed by atoms with E-state index >= 15 is 0 Å². The van der Waals surface area contributed by atoms with Crippen molar-refractivity contribution in [1.29, 1.82) is 5.26 Å². The van der Waals surface area contributed by atoms with Gasteiger partial charge in [-0.15, -0.1) is 0 Å². The maximum Gasteiger partial charge on any atom is 0.276 e. The molecule has 21 heavy (non-hydrogen) atoms. The molecule has 0 amide bonds. The van der Waals surface area contributed by atoms with Gasteiger partial charge in [0.05, 0.1) is 11.8 Å². The predicted octanol–water partition coefficient (Wildman–Crippen LogP) is 2.45. The summed E-state index contributed by atoms with van der Waals surface area (Å²) < 4.78 is 1.45. The average Bonchev–Trinajstić information content (AvgIpc) is 2.92. The zero-order chi connectivity index (χ0) is 14.8. The van der Waals surface area contributed by atoms with Gasteiger partial charge in [-0.3, -0.25) is 9.89 Å². The number of H-pyrrole nitrogens is 1. The van der Waals surface area contributed by atoms with E-state index < -0.39 is 0 Å². The SMILES string of the molecule is Cc1nc2cc(-c3ccccc3)[nH]n2c(=O)c1CCC#N. The van der Waals surface area contributed by atoms with E-state index in [1.165, 1.54) is 4.52 Å². The molecule has 1 N–H and O–H groups in total. The Bertz CT molecular complexity index is 884. The van der Waals surface area contributed by atoms with E-state index in [4.69, 9.17) is 5.26 Å². The highest BCUT2D eigenvalue weighted by molar-refractivity contribution is 5.64. The summed E-state index contributed by atoms with van der Waals surface area (Å²) in [7, 11) is 0. The lowest BCUT2D eigenvalue weighted by Crippen LogP contribution is -2.21. The zero-order valence-electron chi connectivity index (χ0n) is 11.6. The van der Waals surface area contributed by atoms with E-state index in [1.807, 2.05) is 43.3 Å². The monoisotopic (exact) mass is 278 g/mol. The second-order valence-electron chi connectivity index (χ2n) is 4.87. The molecule has 0 spiro atoms. The van der Waals surface area contributed by atoms with Crippen LogP contribution in [0.5, 0.6) is 0 Å². The minimum absolute atomic E-state index is 0.130. The molecule has 5 nitrogen and oxygen atoms in total. The Kier molecular flexibility index (Phi) is 3.28. The first-order valence-electron chi connectivity index (χ1n) is 6.74. The Morgan fingerprint density at radius 3 is 2.81 bits per heavy atom. The van der Waals surface area contributed by atoms with Gasteiger partial charge in [-0.1, -0.05) is 30.3 Å². The van der Waals surface area contributed by atoms with Gasteiger partial charge < -0.3 is 0 Å². The normalized spacial score (nSPS) is 10.7. The van der Waals surface area contributed by atoms with Crippen molar-refractivity contribution >= 4 is 5.65 Å². The number of aromatic amines is 1. The summed E-state index contributed by atoms with van der Waals surface area (Å²) in [6.07, 6.45) is 0.743. The summed E-state index contributed by atoms with van der Waals surface area (Å²) in [6.45, 7) is 1.81. The van der Waals surface area contributed by atoms with E-state index in [-0.39, 0.29) is 5.56 Å². The molecule has 0 unspecified atom stereocenters. The van der Waals surface area contributed by atoms with Crippen LogP contribution in [0.1, 0.15) is 17.7 Å².